The first kappa shape index (κ1) is 61.1. The summed E-state index contributed by atoms with van der Waals surface area (Å²) in [5, 5.41) is 72.1. The van der Waals surface area contributed by atoms with Gasteiger partial charge in [-0.3, -0.25) is 9.59 Å². The Morgan fingerprint density at radius 1 is 0.478 bits per heavy atom. The zero-order chi connectivity index (χ0) is 48.9. The van der Waals surface area contributed by atoms with Crippen LogP contribution in [0.4, 0.5) is 0 Å². The highest BCUT2D eigenvalue weighted by Gasteiger charge is 2.47. The predicted molar refractivity (Wildman–Crippen MR) is 257 cm³/mol. The Labute approximate surface area is 403 Å². The third kappa shape index (κ3) is 27.8. The van der Waals surface area contributed by atoms with Crippen LogP contribution in [0.15, 0.2) is 24.3 Å². The van der Waals surface area contributed by atoms with Crippen molar-refractivity contribution in [1.82, 2.24) is 0 Å². The molecule has 2 aliphatic heterocycles. The van der Waals surface area contributed by atoms with Gasteiger partial charge >= 0.3 is 11.9 Å². The van der Waals surface area contributed by atoms with E-state index in [1.807, 2.05) is 0 Å². The van der Waals surface area contributed by atoms with Crippen molar-refractivity contribution in [3.63, 3.8) is 0 Å². The van der Waals surface area contributed by atoms with Gasteiger partial charge in [-0.25, -0.2) is 0 Å². The van der Waals surface area contributed by atoms with E-state index in [4.69, 9.17) is 28.4 Å². The molecule has 15 nitrogen and oxygen atoms in total. The summed E-state index contributed by atoms with van der Waals surface area (Å²) in [5.41, 5.74) is 0. The van der Waals surface area contributed by atoms with E-state index in [2.05, 4.69) is 38.2 Å². The number of aliphatic hydroxyl groups is 7. The van der Waals surface area contributed by atoms with Gasteiger partial charge in [0.2, 0.25) is 0 Å². The standard InChI is InChI=1S/C52H94O15/c1-3-5-7-9-11-13-15-17-19-20-21-23-25-27-29-31-33-35-44(55)65-40(37-62-43(54)34-32-30-28-26-24-22-18-16-14-12-10-8-6-4-2)38-63-51-50(61)48(59)46(57)42(67-51)39-64-52-49(60)47(58)45(56)41(36-53)66-52/h10,12,16,18,40-42,45-53,56-61H,3-9,11,13-15,17,19-39H2,1-2H3/b12-10+,18-16+/t40-,41+,42+,45-,46-,47?,48?,49?,50?,51+,52+/m1/s1. The number of unbranched alkanes of at least 4 members (excludes halogenated alkanes) is 23. The lowest BCUT2D eigenvalue weighted by atomic mass is 9.98. The molecule has 0 aromatic heterocycles. The number of aliphatic hydroxyl groups excluding tert-OH is 7. The SMILES string of the molecule is CCCC/C=C/C/C=C/CCCCCCCC(=O)OC[C@H](CO[C@H]1O[C@@H](CO[C@H]2O[C@@H](CO)[C@@H](O)C(O)C2O)[C@@H](O)C(O)C1O)OC(=O)CCCCCCCCCCCCCCCCCCC. The quantitative estimate of drug-likeness (QED) is 0.0178. The molecule has 0 aromatic carbocycles. The van der Waals surface area contributed by atoms with Gasteiger partial charge in [-0.05, 0) is 38.5 Å². The van der Waals surface area contributed by atoms with Gasteiger partial charge in [-0.15, -0.1) is 0 Å². The monoisotopic (exact) mass is 959 g/mol. The van der Waals surface area contributed by atoms with Crippen molar-refractivity contribution in [3.05, 3.63) is 24.3 Å². The molecular formula is C52H94O15. The summed E-state index contributed by atoms with van der Waals surface area (Å²) in [4.78, 5) is 25.8. The number of carbonyl (C=O) groups is 2. The topological polar surface area (TPSA) is 231 Å². The number of allylic oxidation sites excluding steroid dienone is 4. The third-order valence-corrected chi connectivity index (χ3v) is 12.7. The number of carbonyl (C=O) groups excluding carboxylic acids is 2. The Bertz CT molecular complexity index is 1270. The molecule has 7 N–H and O–H groups in total. The first-order valence-corrected chi connectivity index (χ1v) is 26.4. The molecule has 2 saturated heterocycles. The Balaban J connectivity index is 1.80. The second-order valence-electron chi connectivity index (χ2n) is 18.7. The molecule has 0 spiro atoms. The zero-order valence-electron chi connectivity index (χ0n) is 41.4. The average molecular weight is 959 g/mol. The average Bonchev–Trinajstić information content (AvgIpc) is 3.32. The zero-order valence-corrected chi connectivity index (χ0v) is 41.4. The molecule has 0 aliphatic carbocycles. The van der Waals surface area contributed by atoms with E-state index in [1.54, 1.807) is 0 Å². The molecule has 0 saturated carbocycles. The van der Waals surface area contributed by atoms with Crippen LogP contribution in [0.5, 0.6) is 0 Å². The second-order valence-corrected chi connectivity index (χ2v) is 18.7. The van der Waals surface area contributed by atoms with Crippen molar-refractivity contribution >= 4 is 11.9 Å². The van der Waals surface area contributed by atoms with Gasteiger partial charge in [0, 0.05) is 12.8 Å². The molecule has 0 aromatic rings. The minimum absolute atomic E-state index is 0.166. The van der Waals surface area contributed by atoms with E-state index >= 15 is 0 Å². The van der Waals surface area contributed by atoms with Crippen LogP contribution in [0.2, 0.25) is 0 Å². The molecular weight excluding hydrogens is 865 g/mol. The number of hydrogen-bond donors (Lipinski definition) is 7. The Kier molecular flexibility index (Phi) is 36.2. The molecule has 4 unspecified atom stereocenters. The van der Waals surface area contributed by atoms with Crippen LogP contribution < -0.4 is 0 Å². The fraction of sp³-hybridized carbons (Fsp3) is 0.885. The van der Waals surface area contributed by atoms with Crippen molar-refractivity contribution < 1.29 is 73.8 Å². The Morgan fingerprint density at radius 2 is 0.910 bits per heavy atom. The molecule has 2 heterocycles. The van der Waals surface area contributed by atoms with E-state index in [0.717, 1.165) is 64.2 Å². The summed E-state index contributed by atoms with van der Waals surface area (Å²) in [6, 6.07) is 0. The van der Waals surface area contributed by atoms with Gasteiger partial charge in [-0.2, -0.15) is 0 Å². The smallest absolute Gasteiger partial charge is 0.306 e. The second kappa shape index (κ2) is 39.7. The maximum Gasteiger partial charge on any atom is 0.306 e. The molecule has 67 heavy (non-hydrogen) atoms. The van der Waals surface area contributed by atoms with E-state index < -0.39 is 92.7 Å². The van der Waals surface area contributed by atoms with Gasteiger partial charge in [0.25, 0.3) is 0 Å². The van der Waals surface area contributed by atoms with Crippen molar-refractivity contribution in [2.45, 2.75) is 268 Å². The Hall–Kier alpha value is -2.02. The molecule has 2 fully saturated rings. The van der Waals surface area contributed by atoms with Gasteiger partial charge in [-0.1, -0.05) is 173 Å². The first-order chi connectivity index (χ1) is 32.5. The van der Waals surface area contributed by atoms with Gasteiger partial charge < -0.3 is 64.2 Å². The summed E-state index contributed by atoms with van der Waals surface area (Å²) in [6.07, 6.45) is 23.4. The lowest BCUT2D eigenvalue weighted by Crippen LogP contribution is -2.61. The van der Waals surface area contributed by atoms with Gasteiger partial charge in [0.05, 0.1) is 19.8 Å². The lowest BCUT2D eigenvalue weighted by molar-refractivity contribution is -0.332. The molecule has 2 rings (SSSR count). The highest BCUT2D eigenvalue weighted by atomic mass is 16.7. The summed E-state index contributed by atoms with van der Waals surface area (Å²) >= 11 is 0. The van der Waals surface area contributed by atoms with Crippen molar-refractivity contribution in [1.29, 1.82) is 0 Å². The van der Waals surface area contributed by atoms with Gasteiger partial charge in [0.1, 0.15) is 55.4 Å². The maximum absolute atomic E-state index is 13.0. The van der Waals surface area contributed by atoms with E-state index in [9.17, 15) is 45.3 Å². The third-order valence-electron chi connectivity index (χ3n) is 12.7. The summed E-state index contributed by atoms with van der Waals surface area (Å²) in [6.45, 7) is 2.55. The first-order valence-electron chi connectivity index (χ1n) is 26.4. The molecule has 0 bridgehead atoms. The van der Waals surface area contributed by atoms with Crippen LogP contribution in [-0.4, -0.2) is 142 Å². The van der Waals surface area contributed by atoms with Crippen LogP contribution in [0, 0.1) is 0 Å². The summed E-state index contributed by atoms with van der Waals surface area (Å²) in [7, 11) is 0. The van der Waals surface area contributed by atoms with Crippen LogP contribution >= 0.6 is 0 Å². The molecule has 11 atom stereocenters. The summed E-state index contributed by atoms with van der Waals surface area (Å²) in [5.74, 6) is -0.933. The number of hydrogen-bond acceptors (Lipinski definition) is 15. The molecule has 0 amide bonds. The van der Waals surface area contributed by atoms with E-state index in [-0.39, 0.29) is 26.1 Å². The van der Waals surface area contributed by atoms with Crippen LogP contribution in [0.1, 0.15) is 200 Å². The molecule has 15 heteroatoms. The molecule has 0 radical (unpaired) electrons. The minimum Gasteiger partial charge on any atom is -0.462 e. The number of ether oxygens (including phenoxy) is 6. The fourth-order valence-electron chi connectivity index (χ4n) is 8.29. The van der Waals surface area contributed by atoms with Crippen molar-refractivity contribution in [2.75, 3.05) is 26.4 Å². The molecule has 392 valence electrons. The van der Waals surface area contributed by atoms with E-state index in [0.29, 0.717) is 12.8 Å². The minimum atomic E-state index is -1.76. The Morgan fingerprint density at radius 3 is 1.43 bits per heavy atom. The van der Waals surface area contributed by atoms with Crippen molar-refractivity contribution in [3.8, 4) is 0 Å². The highest BCUT2D eigenvalue weighted by Crippen LogP contribution is 2.26. The highest BCUT2D eigenvalue weighted by molar-refractivity contribution is 5.70. The fourth-order valence-corrected chi connectivity index (χ4v) is 8.29. The van der Waals surface area contributed by atoms with Crippen LogP contribution in [-0.2, 0) is 38.0 Å². The molecule has 2 aliphatic rings. The predicted octanol–water partition coefficient (Wildman–Crippen LogP) is 7.55. The number of esters is 2. The number of rotatable bonds is 41. The lowest BCUT2D eigenvalue weighted by Gasteiger charge is -2.42. The largest absolute Gasteiger partial charge is 0.462 e. The van der Waals surface area contributed by atoms with Gasteiger partial charge in [0.15, 0.2) is 18.7 Å². The summed E-state index contributed by atoms with van der Waals surface area (Å²) < 4.78 is 33.6. The van der Waals surface area contributed by atoms with Crippen molar-refractivity contribution in [2.24, 2.45) is 0 Å². The maximum atomic E-state index is 13.0. The van der Waals surface area contributed by atoms with Crippen LogP contribution in [0.3, 0.4) is 0 Å². The van der Waals surface area contributed by atoms with Crippen LogP contribution in [0.25, 0.3) is 0 Å². The normalized spacial score (nSPS) is 26.1. The van der Waals surface area contributed by atoms with E-state index in [1.165, 1.54) is 96.3 Å².